The third-order valence-electron chi connectivity index (χ3n) is 2.73. The van der Waals surface area contributed by atoms with Crippen molar-refractivity contribution in [1.82, 2.24) is 14.8 Å². The molecule has 5 heteroatoms. The van der Waals surface area contributed by atoms with Gasteiger partial charge in [0.05, 0.1) is 5.69 Å². The highest BCUT2D eigenvalue weighted by molar-refractivity contribution is 5.94. The van der Waals surface area contributed by atoms with Crippen LogP contribution in [0.5, 0.6) is 0 Å². The molecular weight excluding hydrogens is 230 g/mol. The van der Waals surface area contributed by atoms with Crippen molar-refractivity contribution in [3.63, 3.8) is 0 Å². The lowest BCUT2D eigenvalue weighted by molar-refractivity contribution is 0.101. The summed E-state index contributed by atoms with van der Waals surface area (Å²) in [6, 6.07) is 7.00. The SMILES string of the molecule is CCCc1n[nH]c(=O)n1-c1cccc(C(C)=O)c1. The molecule has 2 aromatic rings. The Labute approximate surface area is 104 Å². The lowest BCUT2D eigenvalue weighted by atomic mass is 10.1. The number of aryl methyl sites for hydroxylation is 1. The molecule has 0 aliphatic carbocycles. The van der Waals surface area contributed by atoms with Gasteiger partial charge in [-0.25, -0.2) is 14.5 Å². The molecule has 5 nitrogen and oxygen atoms in total. The van der Waals surface area contributed by atoms with E-state index < -0.39 is 0 Å². The lowest BCUT2D eigenvalue weighted by Crippen LogP contribution is -2.17. The molecule has 0 radical (unpaired) electrons. The fourth-order valence-corrected chi connectivity index (χ4v) is 1.85. The van der Waals surface area contributed by atoms with Crippen LogP contribution in [0.15, 0.2) is 29.1 Å². The second kappa shape index (κ2) is 5.00. The van der Waals surface area contributed by atoms with Gasteiger partial charge in [-0.2, -0.15) is 5.10 Å². The van der Waals surface area contributed by atoms with Crippen LogP contribution in [-0.4, -0.2) is 20.5 Å². The number of carbonyl (C=O) groups is 1. The molecule has 0 atom stereocenters. The zero-order valence-electron chi connectivity index (χ0n) is 10.4. The standard InChI is InChI=1S/C13H15N3O2/c1-3-5-12-14-15-13(18)16(12)11-7-4-6-10(8-11)9(2)17/h4,6-8H,3,5H2,1-2H3,(H,15,18). The van der Waals surface area contributed by atoms with Crippen LogP contribution in [0, 0.1) is 0 Å². The highest BCUT2D eigenvalue weighted by Gasteiger charge is 2.10. The van der Waals surface area contributed by atoms with Gasteiger partial charge >= 0.3 is 5.69 Å². The maximum Gasteiger partial charge on any atom is 0.347 e. The number of ketones is 1. The minimum absolute atomic E-state index is 0.0227. The molecule has 1 N–H and O–H groups in total. The summed E-state index contributed by atoms with van der Waals surface area (Å²) >= 11 is 0. The number of rotatable bonds is 4. The minimum atomic E-state index is -0.279. The van der Waals surface area contributed by atoms with E-state index in [9.17, 15) is 9.59 Å². The van der Waals surface area contributed by atoms with Gasteiger partial charge in [-0.3, -0.25) is 4.79 Å². The van der Waals surface area contributed by atoms with Gasteiger partial charge in [0.25, 0.3) is 0 Å². The first-order valence-corrected chi connectivity index (χ1v) is 5.91. The number of carbonyl (C=O) groups excluding carboxylic acids is 1. The summed E-state index contributed by atoms with van der Waals surface area (Å²) in [6.45, 7) is 3.53. The zero-order valence-corrected chi connectivity index (χ0v) is 10.4. The fourth-order valence-electron chi connectivity index (χ4n) is 1.85. The van der Waals surface area contributed by atoms with Gasteiger partial charge in [0.1, 0.15) is 5.82 Å². The molecule has 1 aromatic heterocycles. The number of hydrogen-bond acceptors (Lipinski definition) is 3. The predicted octanol–water partition coefficient (Wildman–Crippen LogP) is 1.72. The van der Waals surface area contributed by atoms with Gasteiger partial charge in [0.15, 0.2) is 5.78 Å². The van der Waals surface area contributed by atoms with Gasteiger partial charge in [-0.05, 0) is 25.5 Å². The topological polar surface area (TPSA) is 67.8 Å². The molecule has 0 bridgehead atoms. The van der Waals surface area contributed by atoms with Gasteiger partial charge in [-0.1, -0.05) is 19.1 Å². The molecule has 0 aliphatic rings. The van der Waals surface area contributed by atoms with Crippen molar-refractivity contribution < 1.29 is 4.79 Å². The number of aromatic amines is 1. The minimum Gasteiger partial charge on any atom is -0.295 e. The van der Waals surface area contributed by atoms with E-state index in [-0.39, 0.29) is 11.5 Å². The molecule has 94 valence electrons. The van der Waals surface area contributed by atoms with Crippen LogP contribution in [0.3, 0.4) is 0 Å². The van der Waals surface area contributed by atoms with Crippen molar-refractivity contribution in [2.45, 2.75) is 26.7 Å². The van der Waals surface area contributed by atoms with E-state index in [1.165, 1.54) is 11.5 Å². The monoisotopic (exact) mass is 245 g/mol. The number of aromatic nitrogens is 3. The number of nitrogens with zero attached hydrogens (tertiary/aromatic N) is 2. The van der Waals surface area contributed by atoms with Crippen molar-refractivity contribution in [2.24, 2.45) is 0 Å². The maximum atomic E-state index is 11.8. The third kappa shape index (κ3) is 2.25. The van der Waals surface area contributed by atoms with Crippen LogP contribution in [0.25, 0.3) is 5.69 Å². The third-order valence-corrected chi connectivity index (χ3v) is 2.73. The first-order chi connectivity index (χ1) is 8.63. The number of Topliss-reactive ketones (excluding diaryl/α,β-unsaturated/α-hetero) is 1. The maximum absolute atomic E-state index is 11.8. The summed E-state index contributed by atoms with van der Waals surface area (Å²) in [4.78, 5) is 23.1. The van der Waals surface area contributed by atoms with E-state index in [1.807, 2.05) is 6.92 Å². The summed E-state index contributed by atoms with van der Waals surface area (Å²) < 4.78 is 1.51. The Morgan fingerprint density at radius 1 is 1.44 bits per heavy atom. The van der Waals surface area contributed by atoms with Crippen LogP contribution in [0.2, 0.25) is 0 Å². The first-order valence-electron chi connectivity index (χ1n) is 5.91. The Morgan fingerprint density at radius 3 is 2.89 bits per heavy atom. The summed E-state index contributed by atoms with van der Waals surface area (Å²) in [5.41, 5.74) is 0.979. The fraction of sp³-hybridized carbons (Fsp3) is 0.308. The first kappa shape index (κ1) is 12.3. The molecule has 0 saturated carbocycles. The van der Waals surface area contributed by atoms with Gasteiger partial charge in [-0.15, -0.1) is 0 Å². The Kier molecular flexibility index (Phi) is 3.41. The van der Waals surface area contributed by atoms with E-state index in [0.29, 0.717) is 23.5 Å². The quantitative estimate of drug-likeness (QED) is 0.834. The Morgan fingerprint density at radius 2 is 2.22 bits per heavy atom. The lowest BCUT2D eigenvalue weighted by Gasteiger charge is -2.06. The highest BCUT2D eigenvalue weighted by atomic mass is 16.1. The van der Waals surface area contributed by atoms with Gasteiger partial charge in [0, 0.05) is 12.0 Å². The van der Waals surface area contributed by atoms with Crippen molar-refractivity contribution in [1.29, 1.82) is 0 Å². The van der Waals surface area contributed by atoms with Crippen LogP contribution >= 0.6 is 0 Å². The van der Waals surface area contributed by atoms with E-state index in [4.69, 9.17) is 0 Å². The summed E-state index contributed by atoms with van der Waals surface area (Å²) in [5.74, 6) is 0.661. The second-order valence-corrected chi connectivity index (χ2v) is 4.14. The average molecular weight is 245 g/mol. The Bertz CT molecular complexity index is 625. The highest BCUT2D eigenvalue weighted by Crippen LogP contribution is 2.11. The number of nitrogens with one attached hydrogen (secondary N) is 1. The van der Waals surface area contributed by atoms with E-state index >= 15 is 0 Å². The molecular formula is C13H15N3O2. The smallest absolute Gasteiger partial charge is 0.295 e. The van der Waals surface area contributed by atoms with Crippen molar-refractivity contribution in [3.8, 4) is 5.69 Å². The molecule has 1 aromatic carbocycles. The molecule has 1 heterocycles. The summed E-state index contributed by atoms with van der Waals surface area (Å²) in [6.07, 6.45) is 1.61. The predicted molar refractivity (Wildman–Crippen MR) is 68.2 cm³/mol. The number of H-pyrrole nitrogens is 1. The average Bonchev–Trinajstić information content (AvgIpc) is 2.71. The van der Waals surface area contributed by atoms with Gasteiger partial charge in [0.2, 0.25) is 0 Å². The van der Waals surface area contributed by atoms with Crippen molar-refractivity contribution in [3.05, 3.63) is 46.1 Å². The van der Waals surface area contributed by atoms with Crippen LogP contribution in [0.4, 0.5) is 0 Å². The van der Waals surface area contributed by atoms with E-state index in [0.717, 1.165) is 6.42 Å². The largest absolute Gasteiger partial charge is 0.347 e. The molecule has 0 aliphatic heterocycles. The molecule has 0 amide bonds. The van der Waals surface area contributed by atoms with Crippen LogP contribution < -0.4 is 5.69 Å². The van der Waals surface area contributed by atoms with E-state index in [1.54, 1.807) is 24.3 Å². The number of benzene rings is 1. The molecule has 18 heavy (non-hydrogen) atoms. The molecule has 0 fully saturated rings. The van der Waals surface area contributed by atoms with Crippen molar-refractivity contribution in [2.75, 3.05) is 0 Å². The molecule has 0 unspecified atom stereocenters. The summed E-state index contributed by atoms with van der Waals surface area (Å²) in [5, 5.41) is 6.44. The van der Waals surface area contributed by atoms with E-state index in [2.05, 4.69) is 10.2 Å². The Hall–Kier alpha value is -2.17. The second-order valence-electron chi connectivity index (χ2n) is 4.14. The normalized spacial score (nSPS) is 10.6. The van der Waals surface area contributed by atoms with Gasteiger partial charge < -0.3 is 0 Å². The molecule has 2 rings (SSSR count). The van der Waals surface area contributed by atoms with Crippen LogP contribution in [-0.2, 0) is 6.42 Å². The summed E-state index contributed by atoms with van der Waals surface area (Å²) in [7, 11) is 0. The Balaban J connectivity index is 2.54. The zero-order chi connectivity index (χ0) is 13.1. The van der Waals surface area contributed by atoms with Crippen molar-refractivity contribution >= 4 is 5.78 Å². The number of hydrogen-bond donors (Lipinski definition) is 1. The van der Waals surface area contributed by atoms with Crippen LogP contribution in [0.1, 0.15) is 36.5 Å². The molecule has 0 spiro atoms. The molecule has 0 saturated heterocycles.